The fourth-order valence-electron chi connectivity index (χ4n) is 1.53. The molecular formula is C14H17ClO. The molecule has 2 heteroatoms. The van der Waals surface area contributed by atoms with Crippen molar-refractivity contribution in [1.29, 1.82) is 0 Å². The Hall–Kier alpha value is -1.21. The minimum atomic E-state index is -0.0561. The van der Waals surface area contributed by atoms with Gasteiger partial charge in [0.1, 0.15) is 5.76 Å². The van der Waals surface area contributed by atoms with Crippen LogP contribution in [-0.4, -0.2) is 5.11 Å². The Labute approximate surface area is 102 Å². The van der Waals surface area contributed by atoms with Gasteiger partial charge < -0.3 is 5.11 Å². The van der Waals surface area contributed by atoms with Gasteiger partial charge in [-0.2, -0.15) is 0 Å². The summed E-state index contributed by atoms with van der Waals surface area (Å²) in [6.45, 7) is 9.79. The number of hydrogen-bond acceptors (Lipinski definition) is 1. The van der Waals surface area contributed by atoms with Gasteiger partial charge >= 0.3 is 0 Å². The molecule has 0 saturated carbocycles. The zero-order chi connectivity index (χ0) is 12.3. The van der Waals surface area contributed by atoms with Crippen molar-refractivity contribution in [3.05, 3.63) is 53.3 Å². The summed E-state index contributed by atoms with van der Waals surface area (Å²) in [7, 11) is 0. The molecule has 0 radical (unpaired) electrons. The Morgan fingerprint density at radius 1 is 1.25 bits per heavy atom. The van der Waals surface area contributed by atoms with Gasteiger partial charge in [0.2, 0.25) is 0 Å². The first-order chi connectivity index (χ1) is 7.30. The summed E-state index contributed by atoms with van der Waals surface area (Å²) in [5.41, 5.74) is 2.03. The van der Waals surface area contributed by atoms with Gasteiger partial charge in [-0.15, -0.1) is 0 Å². The molecule has 16 heavy (non-hydrogen) atoms. The van der Waals surface area contributed by atoms with Gasteiger partial charge in [-0.3, -0.25) is 0 Å². The second-order valence-electron chi connectivity index (χ2n) is 4.81. The fraction of sp³-hybridized carbons (Fsp3) is 0.286. The molecule has 0 saturated heterocycles. The van der Waals surface area contributed by atoms with E-state index in [1.54, 1.807) is 6.08 Å². The van der Waals surface area contributed by atoms with Crippen LogP contribution in [-0.2, 0) is 0 Å². The van der Waals surface area contributed by atoms with Gasteiger partial charge in [-0.05, 0) is 34.8 Å². The highest BCUT2D eigenvalue weighted by atomic mass is 35.5. The topological polar surface area (TPSA) is 20.2 Å². The van der Waals surface area contributed by atoms with Gasteiger partial charge in [0, 0.05) is 5.02 Å². The Kier molecular flexibility index (Phi) is 3.82. The first kappa shape index (κ1) is 12.9. The predicted molar refractivity (Wildman–Crippen MR) is 70.7 cm³/mol. The molecule has 1 aromatic carbocycles. The van der Waals surface area contributed by atoms with Crippen molar-refractivity contribution >= 4 is 17.2 Å². The molecule has 0 amide bonds. The van der Waals surface area contributed by atoms with Crippen LogP contribution in [0.25, 0.3) is 5.57 Å². The number of halogens is 1. The molecule has 0 aromatic heterocycles. The Bertz CT molecular complexity index is 407. The average molecular weight is 237 g/mol. The number of benzene rings is 1. The summed E-state index contributed by atoms with van der Waals surface area (Å²) in [6.07, 6.45) is 1.70. The molecule has 0 heterocycles. The maximum Gasteiger partial charge on any atom is 0.108 e. The van der Waals surface area contributed by atoms with Crippen LogP contribution >= 0.6 is 11.6 Å². The molecule has 0 aliphatic heterocycles. The molecule has 0 spiro atoms. The van der Waals surface area contributed by atoms with Crippen LogP contribution in [0.4, 0.5) is 0 Å². The van der Waals surface area contributed by atoms with Crippen molar-refractivity contribution in [2.24, 2.45) is 5.41 Å². The Morgan fingerprint density at radius 2 is 1.75 bits per heavy atom. The van der Waals surface area contributed by atoms with E-state index in [2.05, 4.69) is 27.4 Å². The zero-order valence-electron chi connectivity index (χ0n) is 9.92. The van der Waals surface area contributed by atoms with E-state index in [0.29, 0.717) is 5.02 Å². The van der Waals surface area contributed by atoms with Crippen molar-refractivity contribution < 1.29 is 5.11 Å². The summed E-state index contributed by atoms with van der Waals surface area (Å²) >= 11 is 5.85. The largest absolute Gasteiger partial charge is 0.509 e. The van der Waals surface area contributed by atoms with Crippen molar-refractivity contribution in [3.63, 3.8) is 0 Å². The second kappa shape index (κ2) is 4.75. The Morgan fingerprint density at radius 3 is 2.12 bits per heavy atom. The van der Waals surface area contributed by atoms with E-state index in [-0.39, 0.29) is 11.2 Å². The zero-order valence-corrected chi connectivity index (χ0v) is 10.7. The van der Waals surface area contributed by atoms with Crippen LogP contribution in [0.3, 0.4) is 0 Å². The van der Waals surface area contributed by atoms with Crippen molar-refractivity contribution in [1.82, 2.24) is 0 Å². The van der Waals surface area contributed by atoms with Gasteiger partial charge in [0.25, 0.3) is 0 Å². The third-order valence-electron chi connectivity index (χ3n) is 2.27. The molecule has 1 N–H and O–H groups in total. The van der Waals surface area contributed by atoms with Gasteiger partial charge in [0.15, 0.2) is 0 Å². The molecule has 1 nitrogen and oxygen atoms in total. The number of rotatable bonds is 2. The predicted octanol–water partition coefficient (Wildman–Crippen LogP) is 4.84. The molecule has 1 rings (SSSR count). The molecule has 0 bridgehead atoms. The van der Waals surface area contributed by atoms with Crippen molar-refractivity contribution in [2.75, 3.05) is 0 Å². The van der Waals surface area contributed by atoms with E-state index in [1.165, 1.54) is 0 Å². The van der Waals surface area contributed by atoms with E-state index >= 15 is 0 Å². The van der Waals surface area contributed by atoms with E-state index < -0.39 is 0 Å². The molecule has 0 unspecified atom stereocenters. The van der Waals surface area contributed by atoms with Gasteiger partial charge in [-0.25, -0.2) is 0 Å². The van der Waals surface area contributed by atoms with Crippen LogP contribution in [0.2, 0.25) is 5.02 Å². The smallest absolute Gasteiger partial charge is 0.108 e. The molecule has 1 aromatic rings. The minimum absolute atomic E-state index is 0.0561. The summed E-state index contributed by atoms with van der Waals surface area (Å²) in [4.78, 5) is 0. The van der Waals surface area contributed by atoms with Crippen LogP contribution in [0.5, 0.6) is 0 Å². The lowest BCUT2D eigenvalue weighted by molar-refractivity contribution is 0.433. The van der Waals surface area contributed by atoms with Gasteiger partial charge in [0.05, 0.1) is 0 Å². The maximum atomic E-state index is 9.31. The fourth-order valence-corrected chi connectivity index (χ4v) is 1.65. The van der Waals surface area contributed by atoms with E-state index in [0.717, 1.165) is 11.1 Å². The van der Waals surface area contributed by atoms with Crippen LogP contribution in [0.1, 0.15) is 26.3 Å². The average Bonchev–Trinajstić information content (AvgIpc) is 2.14. The molecule has 0 aliphatic carbocycles. The maximum absolute atomic E-state index is 9.31. The summed E-state index contributed by atoms with van der Waals surface area (Å²) in [5, 5.41) is 10.0. The minimum Gasteiger partial charge on any atom is -0.509 e. The highest BCUT2D eigenvalue weighted by Crippen LogP contribution is 2.34. The van der Waals surface area contributed by atoms with E-state index in [9.17, 15) is 5.11 Å². The molecular weight excluding hydrogens is 220 g/mol. The summed E-state index contributed by atoms with van der Waals surface area (Å²) in [6, 6.07) is 7.58. The normalized spacial score (nSPS) is 12.6. The van der Waals surface area contributed by atoms with Gasteiger partial charge in [-0.1, -0.05) is 51.1 Å². The third kappa shape index (κ3) is 3.42. The van der Waals surface area contributed by atoms with Crippen molar-refractivity contribution in [3.8, 4) is 0 Å². The third-order valence-corrected chi connectivity index (χ3v) is 2.53. The standard InChI is InChI=1S/C14H17ClO/c1-10(16)9-13(14(2,3)4)11-5-7-12(15)8-6-11/h5-9,16H,1H2,2-4H3/b13-9-. The van der Waals surface area contributed by atoms with Crippen LogP contribution in [0.15, 0.2) is 42.7 Å². The van der Waals surface area contributed by atoms with Crippen LogP contribution in [0, 0.1) is 5.41 Å². The number of aliphatic hydroxyl groups excluding tert-OH is 1. The lowest BCUT2D eigenvalue weighted by atomic mass is 9.82. The SMILES string of the molecule is C=C(O)/C=C(/c1ccc(Cl)cc1)C(C)(C)C. The van der Waals surface area contributed by atoms with E-state index in [1.807, 2.05) is 24.3 Å². The second-order valence-corrected chi connectivity index (χ2v) is 5.24. The lowest BCUT2D eigenvalue weighted by Gasteiger charge is -2.23. The number of allylic oxidation sites excluding steroid dienone is 2. The monoisotopic (exact) mass is 236 g/mol. The molecule has 0 atom stereocenters. The number of aliphatic hydroxyl groups is 1. The van der Waals surface area contributed by atoms with Crippen LogP contribution < -0.4 is 0 Å². The summed E-state index contributed by atoms with van der Waals surface area (Å²) < 4.78 is 0. The Balaban J connectivity index is 3.23. The van der Waals surface area contributed by atoms with E-state index in [4.69, 9.17) is 11.6 Å². The quantitative estimate of drug-likeness (QED) is 0.575. The molecule has 0 aliphatic rings. The first-order valence-electron chi connectivity index (χ1n) is 5.16. The molecule has 0 fully saturated rings. The van der Waals surface area contributed by atoms with Crippen molar-refractivity contribution in [2.45, 2.75) is 20.8 Å². The number of hydrogen-bond donors (Lipinski definition) is 1. The molecule has 86 valence electrons. The highest BCUT2D eigenvalue weighted by molar-refractivity contribution is 6.30. The summed E-state index contributed by atoms with van der Waals surface area (Å²) in [5.74, 6) is 0.0693. The lowest BCUT2D eigenvalue weighted by Crippen LogP contribution is -2.08. The highest BCUT2D eigenvalue weighted by Gasteiger charge is 2.18. The first-order valence-corrected chi connectivity index (χ1v) is 5.54.